The van der Waals surface area contributed by atoms with Gasteiger partial charge in [-0.3, -0.25) is 52.7 Å². The van der Waals surface area contributed by atoms with E-state index in [0.29, 0.717) is 109 Å². The molecule has 0 fully saturated rings. The molecule has 5 aromatic heterocycles. The number of nitrogens with zero attached hydrogens (tertiary/aromatic N) is 5. The summed E-state index contributed by atoms with van der Waals surface area (Å²) in [4.78, 5) is 175. The van der Waals surface area contributed by atoms with Crippen molar-refractivity contribution in [2.24, 2.45) is 28.7 Å². The molecule has 0 aliphatic heterocycles. The lowest BCUT2D eigenvalue weighted by molar-refractivity contribution is -0.140. The van der Waals surface area contributed by atoms with E-state index in [-0.39, 0.29) is 85.1 Å². The van der Waals surface area contributed by atoms with E-state index in [2.05, 4.69) is 27.2 Å². The van der Waals surface area contributed by atoms with Crippen LogP contribution < -0.4 is 68.5 Å². The SMILES string of the molecule is C=CCn1c(C)c(C(=O)C(N)=O)c2c(OCC(=O)O)cccc21.Cc1c(C(=O)C(N)=O)c2c(OCC(=O)O)c(Br)ccc2n1Cc1ccccc1.Cc1c(C(=O)C(N)=O)c2c(OCC(=O)O)cc(N)cc2n1Cc1ccccc1.Cc1c(C(=O)C(N)=O)c2c(OCC(=O)O)ccc(N)c2n1Cc1ccccc1.Cc1c(C(=O)C(N)=O)c2c(OCC(=O)O)ccc(NS(C)(=O)=O)c2n1Cc1ccccc1. The summed E-state index contributed by atoms with van der Waals surface area (Å²) in [7, 11) is -3.71. The van der Waals surface area contributed by atoms with Gasteiger partial charge in [0, 0.05) is 72.9 Å². The van der Waals surface area contributed by atoms with Crippen LogP contribution in [0.3, 0.4) is 0 Å². The number of Topliss-reactive ketones (excluding diaryl/α,β-unsaturated/α-hetero) is 5. The maximum Gasteiger partial charge on any atom is 0.341 e. The number of allylic oxidation sites excluding steroid dienone is 1. The number of fused-ring (bicyclic) bond motifs is 5. The molecule has 0 radical (unpaired) electrons. The summed E-state index contributed by atoms with van der Waals surface area (Å²) < 4.78 is 62.5. The molecule has 5 amide bonds. The third-order valence-electron chi connectivity index (χ3n) is 21.3. The van der Waals surface area contributed by atoms with Crippen LogP contribution in [0.4, 0.5) is 17.1 Å². The third-order valence-corrected chi connectivity index (χ3v) is 22.6. The highest BCUT2D eigenvalue weighted by Gasteiger charge is 2.34. The maximum absolute atomic E-state index is 12.7. The molecule has 0 aliphatic rings. The van der Waals surface area contributed by atoms with Crippen molar-refractivity contribution in [2.45, 2.75) is 67.3 Å². The number of carboxylic acid groups (broad SMARTS) is 5. The quantitative estimate of drug-likeness (QED) is 0.00746. The highest BCUT2D eigenvalue weighted by molar-refractivity contribution is 9.10. The Labute approximate surface area is 797 Å². The number of carbonyl (C=O) groups is 15. The largest absolute Gasteiger partial charge is 0.481 e. The fourth-order valence-electron chi connectivity index (χ4n) is 15.6. The first-order chi connectivity index (χ1) is 65.8. The fraction of sp³-hybridized carbons (Fsp3) is 0.165. The molecule has 0 saturated heterocycles. The van der Waals surface area contributed by atoms with Gasteiger partial charge >= 0.3 is 29.8 Å². The van der Waals surface area contributed by atoms with E-state index in [4.69, 9.17) is 89.4 Å². The zero-order valence-electron chi connectivity index (χ0n) is 75.0. The number of anilines is 3. The maximum atomic E-state index is 12.7. The molecule has 14 rings (SSSR count). The lowest BCUT2D eigenvalue weighted by Gasteiger charge is -2.14. The van der Waals surface area contributed by atoms with Crippen molar-refractivity contribution < 1.29 is 130 Å². The lowest BCUT2D eigenvalue weighted by atomic mass is 10.0. The highest BCUT2D eigenvalue weighted by atomic mass is 79.9. The predicted molar refractivity (Wildman–Crippen MR) is 514 cm³/mol. The van der Waals surface area contributed by atoms with Crippen molar-refractivity contribution >= 4 is 186 Å². The number of benzene rings is 9. The van der Waals surface area contributed by atoms with Crippen LogP contribution in [-0.2, 0) is 90.7 Å². The number of hydrogen-bond acceptors (Lipinski definition) is 24. The smallest absolute Gasteiger partial charge is 0.341 e. The molecular weight excluding hydrogens is 1890 g/mol. The highest BCUT2D eigenvalue weighted by Crippen LogP contribution is 2.44. The molecule has 0 atom stereocenters. The average molecular weight is 1980 g/mol. The number of nitrogen functional groups attached to an aromatic ring is 2. The number of ketones is 5. The summed E-state index contributed by atoms with van der Waals surface area (Å²) in [6.07, 6.45) is 2.62. The third kappa shape index (κ3) is 24.1. The predicted octanol–water partition coefficient (Wildman–Crippen LogP) is 9.08. The Bertz CT molecular complexity index is 7400. The molecule has 0 bridgehead atoms. The number of nitrogens with two attached hydrogens (primary N) is 7. The van der Waals surface area contributed by atoms with E-state index in [1.54, 1.807) is 96.9 Å². The van der Waals surface area contributed by atoms with Crippen molar-refractivity contribution in [3.05, 3.63) is 284 Å². The minimum absolute atomic E-state index is 0.000891. The minimum Gasteiger partial charge on any atom is -0.481 e. The Morgan fingerprint density at radius 2 is 0.676 bits per heavy atom. The summed E-state index contributed by atoms with van der Waals surface area (Å²) in [5.41, 5.74) is 48.1. The van der Waals surface area contributed by atoms with Crippen molar-refractivity contribution in [3.63, 3.8) is 0 Å². The second-order valence-corrected chi connectivity index (χ2v) is 33.4. The standard InChI is InChI=1S/C21H21N3O7S.C20H17BrN2O5.2C20H19N3O5.C16H16N2O5/c1-12-17(20(27)21(22)28)18-15(31-11-16(25)26)9-8-14(23-32(2,29)30)19(18)24(12)10-13-6-4-3-5-7-13;1-11-16(18(26)20(22)27)17-14(23(11)9-12-5-3-2-4-6-12)8-7-13(21)19(17)28-10-15(24)25;1-11-17(19(26)20(22)27)18-14(23(11)9-12-5-3-2-4-6-12)7-13(21)8-15(18)28-10-16(24)25;1-11-16(19(26)20(22)27)17-14(28-10-15(24)25)8-7-13(21)18(17)23(11)9-12-5-3-2-4-6-12;1-3-7-18-9(2)13(15(21)16(17)22)14-10(18)5-4-6-11(14)23-8-12(19)20/h3-9,23H,10-11H2,1-2H3,(H2,22,28)(H,25,26);2-8H,9-10H2,1H3,(H2,22,27)(H,24,25);2*2-8H,9-10,21H2,1H3,(H2,22,27)(H,24,25);3-6H,1,7-8H2,2H3,(H2,17,22)(H,19,20). The number of carboxylic acids is 5. The lowest BCUT2D eigenvalue weighted by Crippen LogP contribution is -2.24. The van der Waals surface area contributed by atoms with Crippen LogP contribution >= 0.6 is 15.9 Å². The van der Waals surface area contributed by atoms with Crippen molar-refractivity contribution in [2.75, 3.05) is 55.5 Å². The molecule has 0 saturated carbocycles. The van der Waals surface area contributed by atoms with Gasteiger partial charge < -0.3 is 112 Å². The molecule has 0 aliphatic carbocycles. The van der Waals surface area contributed by atoms with E-state index < -0.39 is 131 Å². The van der Waals surface area contributed by atoms with Gasteiger partial charge in [-0.05, 0) is 127 Å². The van der Waals surface area contributed by atoms with Crippen LogP contribution in [-0.4, -0.2) is 184 Å². The van der Waals surface area contributed by atoms with Gasteiger partial charge in [0.25, 0.3) is 58.5 Å². The summed E-state index contributed by atoms with van der Waals surface area (Å²) in [5.74, 6) is -15.3. The second-order valence-electron chi connectivity index (χ2n) is 30.8. The zero-order chi connectivity index (χ0) is 102. The number of aromatic nitrogens is 5. The number of carbonyl (C=O) groups excluding carboxylic acids is 10. The molecule has 720 valence electrons. The first-order valence-electron chi connectivity index (χ1n) is 41.4. The topological polar surface area (TPSA) is 656 Å². The number of ether oxygens (including phenoxy) is 5. The second kappa shape index (κ2) is 44.9. The van der Waals surface area contributed by atoms with Crippen molar-refractivity contribution in [1.29, 1.82) is 0 Å². The van der Waals surface area contributed by atoms with Crippen LogP contribution in [0.25, 0.3) is 54.5 Å². The van der Waals surface area contributed by atoms with Crippen molar-refractivity contribution in [1.82, 2.24) is 22.8 Å². The van der Waals surface area contributed by atoms with Crippen LogP contribution in [0.5, 0.6) is 28.7 Å². The Morgan fingerprint density at radius 1 is 0.360 bits per heavy atom. The van der Waals surface area contributed by atoms with Crippen molar-refractivity contribution in [3.8, 4) is 28.7 Å². The first kappa shape index (κ1) is 103. The molecule has 42 heteroatoms. The van der Waals surface area contributed by atoms with Gasteiger partial charge in [-0.25, -0.2) is 32.4 Å². The van der Waals surface area contributed by atoms with E-state index in [9.17, 15) is 80.3 Å². The summed E-state index contributed by atoms with van der Waals surface area (Å²) >= 11 is 3.33. The molecular formula is C97H92BrN13O27S. The molecule has 14 aromatic rings. The van der Waals surface area contributed by atoms with Crippen LogP contribution in [0, 0.1) is 34.6 Å². The van der Waals surface area contributed by atoms with E-state index in [1.165, 1.54) is 24.3 Å². The van der Waals surface area contributed by atoms with Gasteiger partial charge in [-0.2, -0.15) is 0 Å². The molecule has 0 spiro atoms. The average Bonchev–Trinajstić information content (AvgIpc) is 1.63. The molecule has 9 aromatic carbocycles. The van der Waals surface area contributed by atoms with Gasteiger partial charge in [-0.15, -0.1) is 6.58 Å². The molecule has 20 N–H and O–H groups in total. The number of halogens is 1. The van der Waals surface area contributed by atoms with Gasteiger partial charge in [0.1, 0.15) is 28.7 Å². The molecule has 0 unspecified atom stereocenters. The normalized spacial score (nSPS) is 10.8. The Balaban J connectivity index is 0.000000180. The number of rotatable bonds is 37. The Hall–Kier alpha value is -17.7. The Morgan fingerprint density at radius 3 is 1.06 bits per heavy atom. The van der Waals surface area contributed by atoms with Crippen LogP contribution in [0.15, 0.2) is 205 Å². The van der Waals surface area contributed by atoms with Gasteiger partial charge in [0.15, 0.2) is 33.0 Å². The minimum atomic E-state index is -3.71. The Kier molecular flexibility index (Phi) is 33.4. The fourth-order valence-corrected chi connectivity index (χ4v) is 16.6. The van der Waals surface area contributed by atoms with Crippen LogP contribution in [0.2, 0.25) is 0 Å². The van der Waals surface area contributed by atoms with E-state index in [1.807, 2.05) is 130 Å². The van der Waals surface area contributed by atoms with Crippen LogP contribution in [0.1, 0.15) is 103 Å². The van der Waals surface area contributed by atoms with Gasteiger partial charge in [0.05, 0.1) is 104 Å². The zero-order valence-corrected chi connectivity index (χ0v) is 77.4. The summed E-state index contributed by atoms with van der Waals surface area (Å²) in [5, 5.41) is 46.0. The molecule has 5 heterocycles. The van der Waals surface area contributed by atoms with Gasteiger partial charge in [-0.1, -0.05) is 133 Å². The molecule has 139 heavy (non-hydrogen) atoms. The van der Waals surface area contributed by atoms with Gasteiger partial charge in [0.2, 0.25) is 10.0 Å². The number of sulfonamides is 1. The monoisotopic (exact) mass is 1980 g/mol. The first-order valence-corrected chi connectivity index (χ1v) is 44.1. The number of amides is 5. The number of primary amides is 5. The number of aliphatic carboxylic acids is 5. The summed E-state index contributed by atoms with van der Waals surface area (Å²) in [6, 6.07) is 55.1. The molecule has 40 nitrogen and oxygen atoms in total. The number of hydrogen-bond donors (Lipinski definition) is 13. The summed E-state index contributed by atoms with van der Waals surface area (Å²) in [6.45, 7) is 10.8. The number of nitrogens with one attached hydrogen (secondary N) is 1. The van der Waals surface area contributed by atoms with E-state index >= 15 is 0 Å². The van der Waals surface area contributed by atoms with E-state index in [0.717, 1.165) is 28.5 Å².